The number of carbonyl (C=O) groups is 1. The van der Waals surface area contributed by atoms with Crippen molar-refractivity contribution >= 4 is 11.7 Å². The Hall–Kier alpha value is -3.15. The second-order valence-electron chi connectivity index (χ2n) is 5.87. The maximum absolute atomic E-state index is 12.8. The van der Waals surface area contributed by atoms with Crippen LogP contribution in [0.3, 0.4) is 0 Å². The Balaban J connectivity index is 1.70. The summed E-state index contributed by atoms with van der Waals surface area (Å²) in [6.45, 7) is 2.63. The Morgan fingerprint density at radius 2 is 1.71 bits per heavy atom. The van der Waals surface area contributed by atoms with Crippen LogP contribution >= 0.6 is 0 Å². The number of amides is 1. The quantitative estimate of drug-likeness (QED) is 0.744. The Bertz CT molecular complexity index is 955. The average molecular weight is 320 g/mol. The molecule has 0 aliphatic carbocycles. The van der Waals surface area contributed by atoms with E-state index in [9.17, 15) is 9.59 Å². The number of para-hydroxylation sites is 1. The largest absolute Gasteiger partial charge is 0.364 e. The molecule has 1 aliphatic heterocycles. The van der Waals surface area contributed by atoms with Gasteiger partial charge in [-0.25, -0.2) is 14.3 Å². The highest BCUT2D eigenvalue weighted by Gasteiger charge is 2.33. The van der Waals surface area contributed by atoms with Gasteiger partial charge >= 0.3 is 11.7 Å². The van der Waals surface area contributed by atoms with E-state index in [1.807, 2.05) is 61.5 Å². The van der Waals surface area contributed by atoms with Crippen molar-refractivity contribution in [2.75, 3.05) is 4.90 Å². The van der Waals surface area contributed by atoms with Crippen LogP contribution in [0.25, 0.3) is 0 Å². The number of rotatable bonds is 3. The molecule has 0 saturated carbocycles. The summed E-state index contributed by atoms with van der Waals surface area (Å²) in [5.74, 6) is 0.473. The van der Waals surface area contributed by atoms with Gasteiger partial charge in [-0.3, -0.25) is 4.90 Å². The van der Waals surface area contributed by atoms with Gasteiger partial charge in [-0.1, -0.05) is 48.0 Å². The van der Waals surface area contributed by atoms with Gasteiger partial charge in [0.25, 0.3) is 0 Å². The van der Waals surface area contributed by atoms with Crippen molar-refractivity contribution in [1.82, 2.24) is 14.3 Å². The van der Waals surface area contributed by atoms with Crippen molar-refractivity contribution in [3.63, 3.8) is 0 Å². The van der Waals surface area contributed by atoms with Gasteiger partial charge in [0.2, 0.25) is 0 Å². The predicted molar refractivity (Wildman–Crippen MR) is 90.2 cm³/mol. The van der Waals surface area contributed by atoms with Crippen molar-refractivity contribution in [1.29, 1.82) is 0 Å². The second-order valence-corrected chi connectivity index (χ2v) is 5.87. The lowest BCUT2D eigenvalue weighted by Crippen LogP contribution is -2.34. The zero-order valence-corrected chi connectivity index (χ0v) is 13.2. The molecule has 4 rings (SSSR count). The normalized spacial score (nSPS) is 13.4. The fourth-order valence-corrected chi connectivity index (χ4v) is 2.89. The zero-order chi connectivity index (χ0) is 16.7. The van der Waals surface area contributed by atoms with Crippen molar-refractivity contribution in [2.45, 2.75) is 20.0 Å². The number of nitrogens with zero attached hydrogens (tertiary/aromatic N) is 4. The van der Waals surface area contributed by atoms with Gasteiger partial charge < -0.3 is 0 Å². The minimum atomic E-state index is -0.397. The molecule has 2 heterocycles. The van der Waals surface area contributed by atoms with Gasteiger partial charge in [-0.2, -0.15) is 9.67 Å². The zero-order valence-electron chi connectivity index (χ0n) is 13.2. The number of fused-ring (bicyclic) bond motifs is 1. The SMILES string of the molecule is Cc1ccc(Cn2c(=O)nc3n2C(=O)N(c2ccccc2)C3)cc1. The van der Waals surface area contributed by atoms with E-state index in [0.29, 0.717) is 18.9 Å². The lowest BCUT2D eigenvalue weighted by atomic mass is 10.1. The lowest BCUT2D eigenvalue weighted by Gasteiger charge is -2.15. The molecule has 0 saturated heterocycles. The molecule has 2 aromatic carbocycles. The van der Waals surface area contributed by atoms with Gasteiger partial charge in [0, 0.05) is 5.69 Å². The van der Waals surface area contributed by atoms with E-state index < -0.39 is 5.69 Å². The summed E-state index contributed by atoms with van der Waals surface area (Å²) in [5.41, 5.74) is 2.50. The molecule has 120 valence electrons. The highest BCUT2D eigenvalue weighted by molar-refractivity contribution is 5.95. The van der Waals surface area contributed by atoms with Gasteiger partial charge in [0.15, 0.2) is 5.82 Å². The first-order chi connectivity index (χ1) is 11.6. The molecule has 6 nitrogen and oxygen atoms in total. The monoisotopic (exact) mass is 320 g/mol. The number of benzene rings is 2. The van der Waals surface area contributed by atoms with Gasteiger partial charge in [-0.05, 0) is 24.6 Å². The number of aromatic nitrogens is 3. The Morgan fingerprint density at radius 3 is 2.42 bits per heavy atom. The molecule has 24 heavy (non-hydrogen) atoms. The van der Waals surface area contributed by atoms with E-state index in [4.69, 9.17) is 0 Å². The fraction of sp³-hybridized carbons (Fsp3) is 0.167. The van der Waals surface area contributed by atoms with E-state index in [2.05, 4.69) is 4.98 Å². The van der Waals surface area contributed by atoms with Crippen LogP contribution in [-0.4, -0.2) is 20.4 Å². The molecule has 3 aromatic rings. The summed E-state index contributed by atoms with van der Waals surface area (Å²) in [6, 6.07) is 17.0. The summed E-state index contributed by atoms with van der Waals surface area (Å²) >= 11 is 0. The van der Waals surface area contributed by atoms with E-state index >= 15 is 0 Å². The topological polar surface area (TPSA) is 60.1 Å². The smallest absolute Gasteiger partial charge is 0.285 e. The molecular weight excluding hydrogens is 304 g/mol. The summed E-state index contributed by atoms with van der Waals surface area (Å²) in [6.07, 6.45) is 0. The average Bonchev–Trinajstić information content (AvgIpc) is 3.07. The van der Waals surface area contributed by atoms with E-state index in [-0.39, 0.29) is 6.03 Å². The van der Waals surface area contributed by atoms with Crippen LogP contribution in [0.2, 0.25) is 0 Å². The van der Waals surface area contributed by atoms with Crippen molar-refractivity contribution in [3.05, 3.63) is 82.0 Å². The summed E-state index contributed by atoms with van der Waals surface area (Å²) in [7, 11) is 0. The van der Waals surface area contributed by atoms with Crippen LogP contribution in [0.1, 0.15) is 17.0 Å². The maximum Gasteiger partial charge on any atom is 0.364 e. The molecule has 0 atom stereocenters. The lowest BCUT2D eigenvalue weighted by molar-refractivity contribution is 0.244. The van der Waals surface area contributed by atoms with Crippen LogP contribution in [0.15, 0.2) is 59.4 Å². The number of hydrogen-bond acceptors (Lipinski definition) is 3. The highest BCUT2D eigenvalue weighted by Crippen LogP contribution is 2.22. The minimum Gasteiger partial charge on any atom is -0.285 e. The molecule has 0 radical (unpaired) electrons. The molecule has 1 amide bonds. The van der Waals surface area contributed by atoms with Gasteiger partial charge in [-0.15, -0.1) is 0 Å². The van der Waals surface area contributed by atoms with Crippen LogP contribution in [0.4, 0.5) is 10.5 Å². The first-order valence-corrected chi connectivity index (χ1v) is 7.75. The first-order valence-electron chi connectivity index (χ1n) is 7.75. The standard InChI is InChI=1S/C18H16N4O2/c1-13-7-9-14(10-8-13)11-21-17(23)19-16-12-20(18(24)22(16)21)15-5-3-2-4-6-15/h2-10H,11-12H2,1H3. The van der Waals surface area contributed by atoms with Crippen LogP contribution in [-0.2, 0) is 13.1 Å². The van der Waals surface area contributed by atoms with E-state index in [1.165, 1.54) is 9.36 Å². The number of carbonyl (C=O) groups excluding carboxylic acids is 1. The Morgan fingerprint density at radius 1 is 1.00 bits per heavy atom. The van der Waals surface area contributed by atoms with Gasteiger partial charge in [0.1, 0.15) is 0 Å². The summed E-state index contributed by atoms with van der Waals surface area (Å²) in [5, 5.41) is 0. The van der Waals surface area contributed by atoms with Crippen LogP contribution in [0, 0.1) is 6.92 Å². The first kappa shape index (κ1) is 14.4. The Labute approximate surface area is 138 Å². The third-order valence-electron chi connectivity index (χ3n) is 4.16. The molecular formula is C18H16N4O2. The molecule has 6 heteroatoms. The van der Waals surface area contributed by atoms with Gasteiger partial charge in [0.05, 0.1) is 13.1 Å². The molecule has 0 spiro atoms. The van der Waals surface area contributed by atoms with Crippen molar-refractivity contribution in [2.24, 2.45) is 0 Å². The summed E-state index contributed by atoms with van der Waals surface area (Å²) < 4.78 is 2.78. The maximum atomic E-state index is 12.8. The number of hydrogen-bond donors (Lipinski definition) is 0. The molecule has 0 unspecified atom stereocenters. The second kappa shape index (κ2) is 5.49. The summed E-state index contributed by atoms with van der Waals surface area (Å²) in [4.78, 5) is 30.6. The van der Waals surface area contributed by atoms with Crippen LogP contribution < -0.4 is 10.6 Å². The highest BCUT2D eigenvalue weighted by atomic mass is 16.2. The van der Waals surface area contributed by atoms with E-state index in [0.717, 1.165) is 16.8 Å². The Kier molecular flexibility index (Phi) is 3.30. The van der Waals surface area contributed by atoms with E-state index in [1.54, 1.807) is 4.90 Å². The number of aryl methyl sites for hydroxylation is 1. The van der Waals surface area contributed by atoms with Crippen LogP contribution in [0.5, 0.6) is 0 Å². The molecule has 0 fully saturated rings. The van der Waals surface area contributed by atoms with Crippen molar-refractivity contribution in [3.8, 4) is 0 Å². The third kappa shape index (κ3) is 2.32. The predicted octanol–water partition coefficient (Wildman–Crippen LogP) is 2.39. The molecule has 1 aromatic heterocycles. The third-order valence-corrected chi connectivity index (χ3v) is 4.16. The minimum absolute atomic E-state index is 0.252. The molecule has 0 bridgehead atoms. The fourth-order valence-electron chi connectivity index (χ4n) is 2.89. The molecule has 1 aliphatic rings. The van der Waals surface area contributed by atoms with Crippen molar-refractivity contribution < 1.29 is 4.79 Å². The molecule has 0 N–H and O–H groups in total. The number of anilines is 1.